The zero-order valence-electron chi connectivity index (χ0n) is 15.0. The second-order valence-corrected chi connectivity index (χ2v) is 6.95. The quantitative estimate of drug-likeness (QED) is 0.846. The van der Waals surface area contributed by atoms with Gasteiger partial charge in [-0.2, -0.15) is 0 Å². The lowest BCUT2D eigenvalue weighted by Gasteiger charge is -2.22. The highest BCUT2D eigenvalue weighted by molar-refractivity contribution is 5.80. The SMILES string of the molecule is CC(C)(C)OC(=O)N[C@@H](Cc1ccc(-c2cccc(F)c2)cc1)C(=O)O. The molecule has 0 aliphatic rings. The fourth-order valence-corrected chi connectivity index (χ4v) is 2.39. The first-order chi connectivity index (χ1) is 12.1. The Morgan fingerprint density at radius 3 is 2.31 bits per heavy atom. The number of hydrogen-bond donors (Lipinski definition) is 2. The van der Waals surface area contributed by atoms with Gasteiger partial charge in [-0.15, -0.1) is 0 Å². The minimum Gasteiger partial charge on any atom is -0.480 e. The number of benzene rings is 2. The van der Waals surface area contributed by atoms with Crippen LogP contribution in [0.5, 0.6) is 0 Å². The van der Waals surface area contributed by atoms with Crippen molar-refractivity contribution >= 4 is 12.1 Å². The lowest BCUT2D eigenvalue weighted by Crippen LogP contribution is -2.44. The summed E-state index contributed by atoms with van der Waals surface area (Å²) < 4.78 is 18.4. The number of alkyl carbamates (subject to hydrolysis) is 1. The molecule has 2 rings (SSSR count). The molecule has 0 saturated heterocycles. The lowest BCUT2D eigenvalue weighted by molar-refractivity contribution is -0.139. The molecule has 0 bridgehead atoms. The molecule has 2 aromatic rings. The van der Waals surface area contributed by atoms with E-state index in [1.807, 2.05) is 0 Å². The van der Waals surface area contributed by atoms with Crippen LogP contribution in [0.4, 0.5) is 9.18 Å². The average Bonchev–Trinajstić information content (AvgIpc) is 2.53. The van der Waals surface area contributed by atoms with E-state index in [9.17, 15) is 19.1 Å². The highest BCUT2D eigenvalue weighted by Crippen LogP contribution is 2.21. The molecule has 0 aromatic heterocycles. The number of halogens is 1. The maximum Gasteiger partial charge on any atom is 0.408 e. The third-order valence-corrected chi connectivity index (χ3v) is 3.54. The molecule has 0 aliphatic heterocycles. The van der Waals surface area contributed by atoms with Crippen LogP contribution in [0.2, 0.25) is 0 Å². The van der Waals surface area contributed by atoms with Crippen molar-refractivity contribution in [3.8, 4) is 11.1 Å². The Labute approximate surface area is 151 Å². The molecule has 5 nitrogen and oxygen atoms in total. The summed E-state index contributed by atoms with van der Waals surface area (Å²) in [5.74, 6) is -1.47. The minimum atomic E-state index is -1.15. The molecule has 2 N–H and O–H groups in total. The molecule has 0 heterocycles. The summed E-state index contributed by atoms with van der Waals surface area (Å²) >= 11 is 0. The summed E-state index contributed by atoms with van der Waals surface area (Å²) in [5, 5.41) is 11.7. The first-order valence-electron chi connectivity index (χ1n) is 8.21. The number of rotatable bonds is 5. The predicted molar refractivity (Wildman–Crippen MR) is 96.3 cm³/mol. The summed E-state index contributed by atoms with van der Waals surface area (Å²) in [6.45, 7) is 5.11. The third-order valence-electron chi connectivity index (χ3n) is 3.54. The van der Waals surface area contributed by atoms with Crippen molar-refractivity contribution in [1.29, 1.82) is 0 Å². The molecule has 0 saturated carbocycles. The Balaban J connectivity index is 2.07. The maximum absolute atomic E-state index is 13.3. The van der Waals surface area contributed by atoms with E-state index in [1.165, 1.54) is 12.1 Å². The van der Waals surface area contributed by atoms with E-state index >= 15 is 0 Å². The van der Waals surface area contributed by atoms with Crippen LogP contribution >= 0.6 is 0 Å². The average molecular weight is 359 g/mol. The fourth-order valence-electron chi connectivity index (χ4n) is 2.39. The third kappa shape index (κ3) is 5.88. The second-order valence-electron chi connectivity index (χ2n) is 6.95. The molecule has 0 unspecified atom stereocenters. The normalized spacial score (nSPS) is 12.3. The molecule has 2 aromatic carbocycles. The first-order valence-corrected chi connectivity index (χ1v) is 8.21. The van der Waals surface area contributed by atoms with Gasteiger partial charge in [-0.1, -0.05) is 36.4 Å². The van der Waals surface area contributed by atoms with Crippen molar-refractivity contribution in [2.24, 2.45) is 0 Å². The van der Waals surface area contributed by atoms with Gasteiger partial charge < -0.3 is 15.2 Å². The van der Waals surface area contributed by atoms with Gasteiger partial charge >= 0.3 is 12.1 Å². The van der Waals surface area contributed by atoms with Crippen LogP contribution in [-0.4, -0.2) is 28.8 Å². The molecule has 138 valence electrons. The lowest BCUT2D eigenvalue weighted by atomic mass is 10.0. The van der Waals surface area contributed by atoms with E-state index in [2.05, 4.69) is 5.32 Å². The number of ether oxygens (including phenoxy) is 1. The number of carboxylic acids is 1. The van der Waals surface area contributed by atoms with Crippen LogP contribution in [0.25, 0.3) is 11.1 Å². The van der Waals surface area contributed by atoms with Crippen molar-refractivity contribution in [2.45, 2.75) is 38.8 Å². The molecule has 26 heavy (non-hydrogen) atoms. The van der Waals surface area contributed by atoms with Crippen molar-refractivity contribution < 1.29 is 23.8 Å². The standard InChI is InChI=1S/C20H22FNO4/c1-20(2,3)26-19(25)22-17(18(23)24)11-13-7-9-14(10-8-13)15-5-4-6-16(21)12-15/h4-10,12,17H,11H2,1-3H3,(H,22,25)(H,23,24)/t17-/m0/s1. The summed E-state index contributed by atoms with van der Waals surface area (Å²) in [7, 11) is 0. The molecular formula is C20H22FNO4. The molecule has 6 heteroatoms. The van der Waals surface area contributed by atoms with E-state index in [1.54, 1.807) is 57.2 Å². The number of aliphatic carboxylic acids is 1. The molecule has 1 amide bonds. The largest absolute Gasteiger partial charge is 0.480 e. The van der Waals surface area contributed by atoms with Crippen LogP contribution < -0.4 is 5.32 Å². The smallest absolute Gasteiger partial charge is 0.408 e. The molecule has 1 atom stereocenters. The number of carbonyl (C=O) groups is 2. The van der Waals surface area contributed by atoms with Crippen LogP contribution in [-0.2, 0) is 16.0 Å². The van der Waals surface area contributed by atoms with Crippen LogP contribution in [0, 0.1) is 5.82 Å². The topological polar surface area (TPSA) is 75.6 Å². The van der Waals surface area contributed by atoms with E-state index in [4.69, 9.17) is 4.74 Å². The Bertz CT molecular complexity index is 781. The summed E-state index contributed by atoms with van der Waals surface area (Å²) in [5.41, 5.74) is 1.58. The van der Waals surface area contributed by atoms with Gasteiger partial charge in [0.1, 0.15) is 17.5 Å². The summed E-state index contributed by atoms with van der Waals surface area (Å²) in [4.78, 5) is 23.2. The highest BCUT2D eigenvalue weighted by Gasteiger charge is 2.24. The highest BCUT2D eigenvalue weighted by atomic mass is 19.1. The first kappa shape index (κ1) is 19.4. The van der Waals surface area contributed by atoms with Crippen LogP contribution in [0.3, 0.4) is 0 Å². The van der Waals surface area contributed by atoms with Crippen molar-refractivity contribution in [3.05, 3.63) is 59.9 Å². The Hall–Kier alpha value is -2.89. The van der Waals surface area contributed by atoms with E-state index < -0.39 is 23.7 Å². The van der Waals surface area contributed by atoms with Crippen molar-refractivity contribution in [1.82, 2.24) is 5.32 Å². The van der Waals surface area contributed by atoms with Gasteiger partial charge in [0, 0.05) is 6.42 Å². The maximum atomic E-state index is 13.3. The van der Waals surface area contributed by atoms with E-state index in [0.29, 0.717) is 0 Å². The molecule has 0 fully saturated rings. The molecule has 0 spiro atoms. The second kappa shape index (κ2) is 7.99. The van der Waals surface area contributed by atoms with Crippen molar-refractivity contribution in [3.63, 3.8) is 0 Å². The van der Waals surface area contributed by atoms with Crippen LogP contribution in [0.15, 0.2) is 48.5 Å². The van der Waals surface area contributed by atoms with Crippen molar-refractivity contribution in [2.75, 3.05) is 0 Å². The van der Waals surface area contributed by atoms with Gasteiger partial charge in [-0.3, -0.25) is 0 Å². The predicted octanol–water partition coefficient (Wildman–Crippen LogP) is 4.01. The zero-order chi connectivity index (χ0) is 19.3. The Morgan fingerprint density at radius 1 is 1.12 bits per heavy atom. The Morgan fingerprint density at radius 2 is 1.77 bits per heavy atom. The number of hydrogen-bond acceptors (Lipinski definition) is 3. The molecule has 0 aliphatic carbocycles. The van der Waals surface area contributed by atoms with Gasteiger partial charge in [-0.25, -0.2) is 14.0 Å². The fraction of sp³-hybridized carbons (Fsp3) is 0.300. The van der Waals surface area contributed by atoms with Gasteiger partial charge in [0.05, 0.1) is 0 Å². The molecular weight excluding hydrogens is 337 g/mol. The van der Waals surface area contributed by atoms with Crippen LogP contribution in [0.1, 0.15) is 26.3 Å². The van der Waals surface area contributed by atoms with Gasteiger partial charge in [0.2, 0.25) is 0 Å². The number of carboxylic acid groups (broad SMARTS) is 1. The summed E-state index contributed by atoms with van der Waals surface area (Å²) in [6.07, 6.45) is -0.667. The monoisotopic (exact) mass is 359 g/mol. The minimum absolute atomic E-state index is 0.109. The van der Waals surface area contributed by atoms with E-state index in [0.717, 1.165) is 16.7 Å². The number of carbonyl (C=O) groups excluding carboxylic acids is 1. The van der Waals surface area contributed by atoms with Gasteiger partial charge in [0.15, 0.2) is 0 Å². The zero-order valence-corrected chi connectivity index (χ0v) is 15.0. The summed E-state index contributed by atoms with van der Waals surface area (Å²) in [6, 6.07) is 12.2. The van der Waals surface area contributed by atoms with Gasteiger partial charge in [0.25, 0.3) is 0 Å². The van der Waals surface area contributed by atoms with E-state index in [-0.39, 0.29) is 12.2 Å². The number of amides is 1. The number of nitrogens with one attached hydrogen (secondary N) is 1. The van der Waals surface area contributed by atoms with Gasteiger partial charge in [-0.05, 0) is 49.6 Å². The Kier molecular flexibility index (Phi) is 5.97. The molecule has 0 radical (unpaired) electrons.